The second-order valence-electron chi connectivity index (χ2n) is 7.37. The first-order chi connectivity index (χ1) is 17.5. The fourth-order valence-corrected chi connectivity index (χ4v) is 5.87. The average Bonchev–Trinajstić information content (AvgIpc) is 3.64. The number of hydrogen-bond acceptors (Lipinski definition) is 10. The van der Waals surface area contributed by atoms with E-state index in [9.17, 15) is 14.9 Å². The number of carbonyl (C=O) groups is 2. The standard InChI is InChI=1S/C26H21N3O4S3/c1-3-32-25(30)21-16(2)22(26(31)33-14-17-8-5-4-6-9-17)36-24(21)28-13-18(12-27)23-29-19(15-35-23)20-10-7-11-34-20/h4-11,13,15,28H,3,14H2,1-2H3/b18-13-. The molecule has 1 N–H and O–H groups in total. The number of nitriles is 1. The summed E-state index contributed by atoms with van der Waals surface area (Å²) in [7, 11) is 0. The highest BCUT2D eigenvalue weighted by Gasteiger charge is 2.26. The van der Waals surface area contributed by atoms with E-state index in [1.54, 1.807) is 25.2 Å². The van der Waals surface area contributed by atoms with Crippen molar-refractivity contribution in [2.75, 3.05) is 11.9 Å². The van der Waals surface area contributed by atoms with Crippen LogP contribution in [0.15, 0.2) is 59.4 Å². The number of thiazole rings is 1. The Morgan fingerprint density at radius 2 is 1.92 bits per heavy atom. The van der Waals surface area contributed by atoms with Crippen molar-refractivity contribution >= 4 is 56.5 Å². The molecule has 1 aromatic carbocycles. The van der Waals surface area contributed by atoms with Gasteiger partial charge in [0.2, 0.25) is 0 Å². The number of ether oxygens (including phenoxy) is 2. The molecular formula is C26H21N3O4S3. The van der Waals surface area contributed by atoms with Gasteiger partial charge in [-0.05, 0) is 36.4 Å². The third-order valence-electron chi connectivity index (χ3n) is 5.00. The Labute approximate surface area is 220 Å². The molecule has 3 heterocycles. The Morgan fingerprint density at radius 1 is 1.11 bits per heavy atom. The molecule has 0 fully saturated rings. The number of thiophene rings is 2. The lowest BCUT2D eigenvalue weighted by Crippen LogP contribution is -2.09. The summed E-state index contributed by atoms with van der Waals surface area (Å²) in [6.45, 7) is 3.69. The molecule has 7 nitrogen and oxygen atoms in total. The van der Waals surface area contributed by atoms with E-state index in [1.165, 1.54) is 17.5 Å². The summed E-state index contributed by atoms with van der Waals surface area (Å²) in [6, 6.07) is 15.4. The van der Waals surface area contributed by atoms with Gasteiger partial charge in [0.05, 0.1) is 22.7 Å². The van der Waals surface area contributed by atoms with E-state index in [-0.39, 0.29) is 23.7 Å². The summed E-state index contributed by atoms with van der Waals surface area (Å²) >= 11 is 4.00. The highest BCUT2D eigenvalue weighted by atomic mass is 32.1. The van der Waals surface area contributed by atoms with Crippen LogP contribution in [0.25, 0.3) is 16.1 Å². The smallest absolute Gasteiger partial charge is 0.349 e. The molecule has 0 aliphatic rings. The quantitative estimate of drug-likeness (QED) is 0.187. The molecule has 0 unspecified atom stereocenters. The van der Waals surface area contributed by atoms with Crippen molar-refractivity contribution in [2.24, 2.45) is 0 Å². The minimum atomic E-state index is -0.558. The Hall–Kier alpha value is -3.78. The van der Waals surface area contributed by atoms with E-state index < -0.39 is 11.9 Å². The summed E-state index contributed by atoms with van der Waals surface area (Å²) in [4.78, 5) is 31.4. The molecule has 3 aromatic heterocycles. The van der Waals surface area contributed by atoms with Gasteiger partial charge in [0.15, 0.2) is 0 Å². The van der Waals surface area contributed by atoms with Crippen molar-refractivity contribution in [3.05, 3.63) is 86.0 Å². The van der Waals surface area contributed by atoms with Crippen LogP contribution in [0.5, 0.6) is 0 Å². The predicted molar refractivity (Wildman–Crippen MR) is 143 cm³/mol. The van der Waals surface area contributed by atoms with Crippen LogP contribution in [0.3, 0.4) is 0 Å². The van der Waals surface area contributed by atoms with Crippen LogP contribution < -0.4 is 5.32 Å². The lowest BCUT2D eigenvalue weighted by Gasteiger charge is -2.06. The Bertz CT molecular complexity index is 1430. The predicted octanol–water partition coefficient (Wildman–Crippen LogP) is 6.75. The molecule has 0 saturated heterocycles. The first-order valence-electron chi connectivity index (χ1n) is 10.9. The zero-order valence-corrected chi connectivity index (χ0v) is 21.9. The van der Waals surface area contributed by atoms with E-state index in [4.69, 9.17) is 9.47 Å². The van der Waals surface area contributed by atoms with Crippen molar-refractivity contribution in [3.63, 3.8) is 0 Å². The van der Waals surface area contributed by atoms with Crippen molar-refractivity contribution in [2.45, 2.75) is 20.5 Å². The molecule has 0 spiro atoms. The van der Waals surface area contributed by atoms with Crippen LogP contribution in [-0.2, 0) is 16.1 Å². The highest BCUT2D eigenvalue weighted by Crippen LogP contribution is 2.35. The van der Waals surface area contributed by atoms with E-state index in [0.29, 0.717) is 21.1 Å². The molecule has 0 amide bonds. The fourth-order valence-electron chi connectivity index (χ4n) is 3.26. The first kappa shape index (κ1) is 25.3. The molecular weight excluding hydrogens is 515 g/mol. The maximum Gasteiger partial charge on any atom is 0.349 e. The van der Waals surface area contributed by atoms with Crippen LogP contribution >= 0.6 is 34.0 Å². The van der Waals surface area contributed by atoms with E-state index in [0.717, 1.165) is 27.5 Å². The molecule has 0 radical (unpaired) electrons. The zero-order chi connectivity index (χ0) is 25.5. The largest absolute Gasteiger partial charge is 0.462 e. The van der Waals surface area contributed by atoms with Gasteiger partial charge < -0.3 is 14.8 Å². The van der Waals surface area contributed by atoms with Crippen LogP contribution in [-0.4, -0.2) is 23.5 Å². The molecule has 0 bridgehead atoms. The normalized spacial score (nSPS) is 11.1. The lowest BCUT2D eigenvalue weighted by atomic mass is 10.1. The lowest BCUT2D eigenvalue weighted by molar-refractivity contribution is 0.0478. The maximum atomic E-state index is 12.8. The molecule has 4 aromatic rings. The third-order valence-corrected chi connectivity index (χ3v) is 7.97. The number of benzene rings is 1. The highest BCUT2D eigenvalue weighted by molar-refractivity contribution is 7.18. The van der Waals surface area contributed by atoms with Gasteiger partial charge in [-0.25, -0.2) is 14.6 Å². The van der Waals surface area contributed by atoms with Gasteiger partial charge in [0.1, 0.15) is 33.1 Å². The number of hydrogen-bond donors (Lipinski definition) is 1. The number of carbonyl (C=O) groups excluding carboxylic acids is 2. The maximum absolute atomic E-state index is 12.8. The van der Waals surface area contributed by atoms with Gasteiger partial charge in [-0.15, -0.1) is 34.0 Å². The SMILES string of the molecule is CCOC(=O)c1c(N/C=C(/C#N)c2nc(-c3cccs3)cs2)sc(C(=O)OCc2ccccc2)c1C. The Kier molecular flexibility index (Phi) is 8.28. The van der Waals surface area contributed by atoms with Gasteiger partial charge in [0.25, 0.3) is 0 Å². The summed E-state index contributed by atoms with van der Waals surface area (Å²) in [5, 5.41) is 17.6. The second-order valence-corrected chi connectivity index (χ2v) is 10.2. The first-order valence-corrected chi connectivity index (χ1v) is 13.5. The van der Waals surface area contributed by atoms with Gasteiger partial charge in [0, 0.05) is 11.6 Å². The van der Waals surface area contributed by atoms with Crippen molar-refractivity contribution in [1.82, 2.24) is 4.98 Å². The van der Waals surface area contributed by atoms with Gasteiger partial charge in [-0.3, -0.25) is 0 Å². The summed E-state index contributed by atoms with van der Waals surface area (Å²) in [5.74, 6) is -1.10. The minimum absolute atomic E-state index is 0.115. The summed E-state index contributed by atoms with van der Waals surface area (Å²) in [5.41, 5.74) is 2.65. The zero-order valence-electron chi connectivity index (χ0n) is 19.4. The number of nitrogens with one attached hydrogen (secondary N) is 1. The Morgan fingerprint density at radius 3 is 2.61 bits per heavy atom. The summed E-state index contributed by atoms with van der Waals surface area (Å²) < 4.78 is 10.7. The number of aromatic nitrogens is 1. The molecule has 0 aliphatic carbocycles. The molecule has 10 heteroatoms. The molecule has 182 valence electrons. The third kappa shape index (κ3) is 5.71. The number of anilines is 1. The molecule has 0 aliphatic heterocycles. The van der Waals surface area contributed by atoms with Gasteiger partial charge in [-0.2, -0.15) is 5.26 Å². The van der Waals surface area contributed by atoms with E-state index in [2.05, 4.69) is 16.4 Å². The monoisotopic (exact) mass is 535 g/mol. The second kappa shape index (κ2) is 11.8. The van der Waals surface area contributed by atoms with Gasteiger partial charge >= 0.3 is 11.9 Å². The fraction of sp³-hybridized carbons (Fsp3) is 0.154. The number of rotatable bonds is 9. The minimum Gasteiger partial charge on any atom is -0.462 e. The van der Waals surface area contributed by atoms with Gasteiger partial charge in [-0.1, -0.05) is 36.4 Å². The van der Waals surface area contributed by atoms with Crippen molar-refractivity contribution < 1.29 is 19.1 Å². The molecule has 0 saturated carbocycles. The van der Waals surface area contributed by atoms with Crippen molar-refractivity contribution in [3.8, 4) is 16.6 Å². The number of esters is 2. The Balaban J connectivity index is 1.59. The van der Waals surface area contributed by atoms with Crippen LogP contribution in [0.4, 0.5) is 5.00 Å². The van der Waals surface area contributed by atoms with Crippen LogP contribution in [0.2, 0.25) is 0 Å². The van der Waals surface area contributed by atoms with E-state index in [1.807, 2.05) is 53.2 Å². The molecule has 4 rings (SSSR count). The summed E-state index contributed by atoms with van der Waals surface area (Å²) in [6.07, 6.45) is 1.49. The topological polar surface area (TPSA) is 101 Å². The average molecular weight is 536 g/mol. The molecule has 0 atom stereocenters. The van der Waals surface area contributed by atoms with Crippen LogP contribution in [0.1, 0.15) is 43.1 Å². The van der Waals surface area contributed by atoms with Crippen molar-refractivity contribution in [1.29, 1.82) is 5.26 Å². The van der Waals surface area contributed by atoms with E-state index >= 15 is 0 Å². The number of nitrogens with zero attached hydrogens (tertiary/aromatic N) is 2. The number of allylic oxidation sites excluding steroid dienone is 1. The molecule has 36 heavy (non-hydrogen) atoms. The van der Waals surface area contributed by atoms with Crippen LogP contribution in [0, 0.1) is 18.3 Å².